The fraction of sp³-hybridized carbons (Fsp3) is 0.947. The van der Waals surface area contributed by atoms with Crippen LogP contribution in [0.15, 0.2) is 12.2 Å². The van der Waals surface area contributed by atoms with Crippen LogP contribution in [-0.2, 0) is 23.8 Å². The second-order valence-corrected chi connectivity index (χ2v) is 27.1. The first-order chi connectivity index (χ1) is 42.7. The van der Waals surface area contributed by atoms with Gasteiger partial charge in [-0.3, -0.25) is 9.59 Å². The minimum absolute atomic E-state index is 0.0198. The van der Waals surface area contributed by atoms with E-state index in [1.807, 2.05) is 6.08 Å². The summed E-state index contributed by atoms with van der Waals surface area (Å²) in [6, 6.07) is -0.803. The molecule has 0 aromatic rings. The number of rotatable bonds is 69. The van der Waals surface area contributed by atoms with E-state index in [-0.39, 0.29) is 18.5 Å². The van der Waals surface area contributed by atoms with Gasteiger partial charge in [0.1, 0.15) is 24.4 Å². The molecule has 516 valence electrons. The fourth-order valence-electron chi connectivity index (χ4n) is 12.6. The van der Waals surface area contributed by atoms with Crippen molar-refractivity contribution in [2.24, 2.45) is 0 Å². The first kappa shape index (κ1) is 83.4. The Morgan fingerprint density at radius 2 is 0.724 bits per heavy atom. The summed E-state index contributed by atoms with van der Waals surface area (Å²) < 4.78 is 16.7. The van der Waals surface area contributed by atoms with Crippen molar-refractivity contribution >= 4 is 11.9 Å². The number of unbranched alkanes of at least 4 members (excludes halogenated alkanes) is 55. The number of aliphatic hydroxyl groups is 5. The maximum absolute atomic E-state index is 13.0. The van der Waals surface area contributed by atoms with Gasteiger partial charge in [-0.2, -0.15) is 0 Å². The summed E-state index contributed by atoms with van der Waals surface area (Å²) in [5, 5.41) is 54.3. The minimum atomic E-state index is -1.57. The van der Waals surface area contributed by atoms with E-state index in [2.05, 4.69) is 19.2 Å². The van der Waals surface area contributed by atoms with Crippen LogP contribution in [0, 0.1) is 0 Å². The molecule has 0 aromatic heterocycles. The Morgan fingerprint density at radius 1 is 0.414 bits per heavy atom. The molecule has 6 N–H and O–H groups in total. The molecule has 1 saturated heterocycles. The average Bonchev–Trinajstić information content (AvgIpc) is 2.79. The molecule has 0 aliphatic carbocycles. The second kappa shape index (κ2) is 65.9. The molecule has 1 rings (SSSR count). The van der Waals surface area contributed by atoms with E-state index < -0.39 is 49.5 Å². The molecule has 7 atom stereocenters. The normalized spacial score (nSPS) is 17.8. The van der Waals surface area contributed by atoms with Crippen LogP contribution < -0.4 is 5.32 Å². The number of aliphatic hydroxyl groups excluding tert-OH is 5. The van der Waals surface area contributed by atoms with E-state index in [1.54, 1.807) is 6.08 Å². The molecule has 7 unspecified atom stereocenters. The summed E-state index contributed by atoms with van der Waals surface area (Å²) in [7, 11) is 0. The Labute approximate surface area is 538 Å². The van der Waals surface area contributed by atoms with Crippen LogP contribution in [0.1, 0.15) is 399 Å². The van der Waals surface area contributed by atoms with Gasteiger partial charge in [-0.1, -0.05) is 366 Å². The standard InChI is InChI=1S/C76H147NO10/c1-3-5-7-9-11-13-14-15-37-41-44-48-52-56-60-64-72(81)85-65-61-57-53-49-45-42-39-36-34-32-30-28-26-24-22-20-18-16-17-19-21-23-25-27-29-31-33-35-38-40-43-47-51-55-59-63-71(80)77-68(69(79)62-58-54-50-46-12-10-8-6-4-2)67-86-76-75(84)74(83)73(82)70(66-78)87-76/h58,62,68-70,73-76,78-79,82-84H,3-57,59-61,63-67H2,1-2H3,(H,77,80)/b62-58+. The SMILES string of the molecule is CCCCCCCCC/C=C/C(O)C(COC1OC(CO)C(O)C(O)C1O)NC(=O)CCCCCCCCCCCCCCCCCCCCCCCCCCCCCCCCCCCCCOC(=O)CCCCCCCCCCCCCCCCC. The Bertz CT molecular complexity index is 1450. The number of hydrogen-bond acceptors (Lipinski definition) is 10. The first-order valence-electron chi connectivity index (χ1n) is 38.5. The van der Waals surface area contributed by atoms with Crippen LogP contribution in [0.3, 0.4) is 0 Å². The molecule has 0 aromatic carbocycles. The number of nitrogens with one attached hydrogen (secondary N) is 1. The van der Waals surface area contributed by atoms with E-state index in [9.17, 15) is 35.1 Å². The van der Waals surface area contributed by atoms with E-state index in [4.69, 9.17) is 14.2 Å². The van der Waals surface area contributed by atoms with E-state index in [0.717, 1.165) is 51.4 Å². The lowest BCUT2D eigenvalue weighted by Crippen LogP contribution is -2.60. The third-order valence-corrected chi connectivity index (χ3v) is 18.7. The van der Waals surface area contributed by atoms with Crippen LogP contribution in [-0.4, -0.2) is 100 Å². The smallest absolute Gasteiger partial charge is 0.305 e. The summed E-state index contributed by atoms with van der Waals surface area (Å²) >= 11 is 0. The lowest BCUT2D eigenvalue weighted by atomic mass is 9.99. The molecule has 1 aliphatic heterocycles. The van der Waals surface area contributed by atoms with Gasteiger partial charge in [0.25, 0.3) is 0 Å². The Kier molecular flexibility index (Phi) is 63.2. The summed E-state index contributed by atoms with van der Waals surface area (Å²) in [6.07, 6.45) is 72.6. The molecule has 1 fully saturated rings. The third-order valence-electron chi connectivity index (χ3n) is 18.7. The molecule has 11 heteroatoms. The van der Waals surface area contributed by atoms with E-state index >= 15 is 0 Å². The van der Waals surface area contributed by atoms with Gasteiger partial charge in [0.05, 0.1) is 32.0 Å². The molecular formula is C76H147NO10. The molecule has 1 heterocycles. The monoisotopic (exact) mass is 1230 g/mol. The fourth-order valence-corrected chi connectivity index (χ4v) is 12.6. The highest BCUT2D eigenvalue weighted by atomic mass is 16.7. The molecule has 0 bridgehead atoms. The first-order valence-corrected chi connectivity index (χ1v) is 38.5. The van der Waals surface area contributed by atoms with Crippen molar-refractivity contribution in [3.8, 4) is 0 Å². The molecule has 87 heavy (non-hydrogen) atoms. The summed E-state index contributed by atoms with van der Waals surface area (Å²) in [5.41, 5.74) is 0. The molecule has 1 aliphatic rings. The number of carbonyl (C=O) groups excluding carboxylic acids is 2. The molecule has 11 nitrogen and oxygen atoms in total. The summed E-state index contributed by atoms with van der Waals surface area (Å²) in [5.74, 6) is -0.156. The molecule has 1 amide bonds. The zero-order valence-electron chi connectivity index (χ0n) is 57.5. The van der Waals surface area contributed by atoms with Crippen LogP contribution >= 0.6 is 0 Å². The van der Waals surface area contributed by atoms with Gasteiger partial charge in [0.15, 0.2) is 6.29 Å². The number of ether oxygens (including phenoxy) is 3. The molecule has 0 spiro atoms. The lowest BCUT2D eigenvalue weighted by Gasteiger charge is -2.40. The molecule has 0 saturated carbocycles. The van der Waals surface area contributed by atoms with Gasteiger partial charge in [-0.15, -0.1) is 0 Å². The molecule has 0 radical (unpaired) electrons. The van der Waals surface area contributed by atoms with Crippen LogP contribution in [0.25, 0.3) is 0 Å². The van der Waals surface area contributed by atoms with Gasteiger partial charge in [-0.05, 0) is 32.1 Å². The predicted octanol–water partition coefficient (Wildman–Crippen LogP) is 20.2. The van der Waals surface area contributed by atoms with E-state index in [0.29, 0.717) is 19.4 Å². The highest BCUT2D eigenvalue weighted by Gasteiger charge is 2.44. The number of esters is 1. The maximum Gasteiger partial charge on any atom is 0.305 e. The summed E-state index contributed by atoms with van der Waals surface area (Å²) in [4.78, 5) is 25.1. The average molecular weight is 1240 g/mol. The summed E-state index contributed by atoms with van der Waals surface area (Å²) in [6.45, 7) is 4.37. The predicted molar refractivity (Wildman–Crippen MR) is 366 cm³/mol. The number of carbonyl (C=O) groups is 2. The minimum Gasteiger partial charge on any atom is -0.466 e. The van der Waals surface area contributed by atoms with Crippen molar-refractivity contribution in [3.63, 3.8) is 0 Å². The number of hydrogen-bond donors (Lipinski definition) is 6. The van der Waals surface area contributed by atoms with Gasteiger partial charge in [-0.25, -0.2) is 0 Å². The Morgan fingerprint density at radius 3 is 1.07 bits per heavy atom. The second-order valence-electron chi connectivity index (χ2n) is 27.1. The van der Waals surface area contributed by atoms with Crippen LogP contribution in [0.4, 0.5) is 0 Å². The number of amides is 1. The zero-order valence-corrected chi connectivity index (χ0v) is 57.5. The topological polar surface area (TPSA) is 175 Å². The maximum atomic E-state index is 13.0. The van der Waals surface area contributed by atoms with Gasteiger partial charge >= 0.3 is 5.97 Å². The molecular weight excluding hydrogens is 1090 g/mol. The van der Waals surface area contributed by atoms with Gasteiger partial charge in [0.2, 0.25) is 5.91 Å². The highest BCUT2D eigenvalue weighted by Crippen LogP contribution is 2.24. The van der Waals surface area contributed by atoms with Crippen molar-refractivity contribution in [1.29, 1.82) is 0 Å². The van der Waals surface area contributed by atoms with Crippen molar-refractivity contribution in [3.05, 3.63) is 12.2 Å². The van der Waals surface area contributed by atoms with Gasteiger partial charge < -0.3 is 45.1 Å². The number of allylic oxidation sites excluding steroid dienone is 1. The largest absolute Gasteiger partial charge is 0.466 e. The van der Waals surface area contributed by atoms with Crippen LogP contribution in [0.2, 0.25) is 0 Å². The van der Waals surface area contributed by atoms with E-state index in [1.165, 1.54) is 321 Å². The van der Waals surface area contributed by atoms with Crippen molar-refractivity contribution in [1.82, 2.24) is 5.32 Å². The quantitative estimate of drug-likeness (QED) is 0.0195. The van der Waals surface area contributed by atoms with Crippen LogP contribution in [0.5, 0.6) is 0 Å². The zero-order chi connectivity index (χ0) is 63.0. The van der Waals surface area contributed by atoms with Gasteiger partial charge in [0, 0.05) is 12.8 Å². The van der Waals surface area contributed by atoms with Crippen molar-refractivity contribution in [2.75, 3.05) is 19.8 Å². The Hall–Kier alpha value is -1.60. The lowest BCUT2D eigenvalue weighted by molar-refractivity contribution is -0.302. The van der Waals surface area contributed by atoms with Crippen molar-refractivity contribution < 1.29 is 49.3 Å². The van der Waals surface area contributed by atoms with Crippen molar-refractivity contribution in [2.45, 2.75) is 442 Å². The highest BCUT2D eigenvalue weighted by molar-refractivity contribution is 5.76. The third kappa shape index (κ3) is 54.7. The Balaban J connectivity index is 1.85.